The monoisotopic (exact) mass is 755 g/mol. The molecule has 0 saturated heterocycles. The minimum Gasteiger partial charge on any atom is -0.308 e. The first-order valence-corrected chi connectivity index (χ1v) is 20.2. The second-order valence-electron chi connectivity index (χ2n) is 16.0. The number of benzene rings is 8. The Kier molecular flexibility index (Phi) is 7.20. The van der Waals surface area contributed by atoms with Gasteiger partial charge in [0.1, 0.15) is 0 Å². The van der Waals surface area contributed by atoms with Gasteiger partial charge >= 0.3 is 0 Å². The van der Waals surface area contributed by atoms with Crippen molar-refractivity contribution in [3.63, 3.8) is 0 Å². The smallest absolute Gasteiger partial charge is 0.168 e. The van der Waals surface area contributed by atoms with Gasteiger partial charge in [-0.1, -0.05) is 159 Å². The van der Waals surface area contributed by atoms with Gasteiger partial charge in [0.15, 0.2) is 17.5 Å². The van der Waals surface area contributed by atoms with E-state index in [0.717, 1.165) is 50.1 Å². The highest BCUT2D eigenvalue weighted by atomic mass is 15.1. The third-order valence-corrected chi connectivity index (χ3v) is 12.4. The molecular formula is C54H37N5. The molecule has 12 rings (SSSR count). The summed E-state index contributed by atoms with van der Waals surface area (Å²) in [6.45, 7) is 4.71. The van der Waals surface area contributed by atoms with Gasteiger partial charge in [-0.15, -0.1) is 0 Å². The summed E-state index contributed by atoms with van der Waals surface area (Å²) in [5.74, 6) is 1.85. The van der Waals surface area contributed by atoms with Gasteiger partial charge in [0.05, 0.1) is 39.0 Å². The van der Waals surface area contributed by atoms with Crippen LogP contribution in [0.4, 0.5) is 0 Å². The van der Waals surface area contributed by atoms with Crippen LogP contribution in [0.25, 0.3) is 100 Å². The van der Waals surface area contributed by atoms with E-state index in [1.807, 2.05) is 36.4 Å². The van der Waals surface area contributed by atoms with Crippen LogP contribution in [0, 0.1) is 0 Å². The second kappa shape index (κ2) is 12.7. The summed E-state index contributed by atoms with van der Waals surface area (Å²) in [6.07, 6.45) is 0. The molecule has 5 nitrogen and oxygen atoms in total. The SMILES string of the molecule is CC1(C)c2ccccc2-c2cc3c4ccccc4n(-c4cccc(-n5c6ccccc6c6ccccc65)c4-c4nc(-c5ccccc5)nc(-c5ccccc5)n4)c3cc21. The van der Waals surface area contributed by atoms with Crippen molar-refractivity contribution in [3.05, 3.63) is 199 Å². The first kappa shape index (κ1) is 33.5. The largest absolute Gasteiger partial charge is 0.308 e. The molecule has 5 heteroatoms. The number of fused-ring (bicyclic) bond motifs is 9. The van der Waals surface area contributed by atoms with E-state index in [2.05, 4.69) is 175 Å². The molecule has 1 aliphatic rings. The summed E-state index contributed by atoms with van der Waals surface area (Å²) in [5.41, 5.74) is 14.4. The molecule has 59 heavy (non-hydrogen) atoms. The lowest BCUT2D eigenvalue weighted by atomic mass is 9.82. The molecule has 0 amide bonds. The van der Waals surface area contributed by atoms with E-state index in [1.54, 1.807) is 0 Å². The average Bonchev–Trinajstić information content (AvgIpc) is 3.88. The van der Waals surface area contributed by atoms with Gasteiger partial charge in [-0.2, -0.15) is 0 Å². The van der Waals surface area contributed by atoms with E-state index in [1.165, 1.54) is 43.8 Å². The summed E-state index contributed by atoms with van der Waals surface area (Å²) in [7, 11) is 0. The zero-order valence-corrected chi connectivity index (χ0v) is 32.6. The van der Waals surface area contributed by atoms with Crippen molar-refractivity contribution in [3.8, 4) is 56.7 Å². The van der Waals surface area contributed by atoms with Gasteiger partial charge in [-0.3, -0.25) is 0 Å². The molecule has 8 aromatic carbocycles. The molecule has 3 heterocycles. The Labute approximate surface area is 341 Å². The van der Waals surface area contributed by atoms with Crippen LogP contribution in [0.3, 0.4) is 0 Å². The Morgan fingerprint density at radius 2 is 0.814 bits per heavy atom. The van der Waals surface area contributed by atoms with Gasteiger partial charge in [0.25, 0.3) is 0 Å². The molecule has 0 aliphatic heterocycles. The molecular weight excluding hydrogens is 719 g/mol. The van der Waals surface area contributed by atoms with Crippen molar-refractivity contribution in [2.75, 3.05) is 0 Å². The van der Waals surface area contributed by atoms with Crippen LogP contribution in [0.1, 0.15) is 25.0 Å². The van der Waals surface area contributed by atoms with E-state index in [-0.39, 0.29) is 5.41 Å². The maximum atomic E-state index is 5.42. The number of para-hydroxylation sites is 3. The van der Waals surface area contributed by atoms with Gasteiger partial charge in [-0.25, -0.2) is 15.0 Å². The predicted molar refractivity (Wildman–Crippen MR) is 242 cm³/mol. The van der Waals surface area contributed by atoms with Crippen molar-refractivity contribution < 1.29 is 0 Å². The lowest BCUT2D eigenvalue weighted by Gasteiger charge is -2.22. The Morgan fingerprint density at radius 3 is 1.39 bits per heavy atom. The number of rotatable bonds is 5. The van der Waals surface area contributed by atoms with E-state index in [4.69, 9.17) is 15.0 Å². The number of aromatic nitrogens is 5. The molecule has 0 fully saturated rings. The highest BCUT2D eigenvalue weighted by molar-refractivity contribution is 6.13. The summed E-state index contributed by atoms with van der Waals surface area (Å²) in [5, 5.41) is 4.80. The fourth-order valence-electron chi connectivity index (χ4n) is 9.66. The maximum Gasteiger partial charge on any atom is 0.168 e. The van der Waals surface area contributed by atoms with Crippen LogP contribution in [0.5, 0.6) is 0 Å². The third-order valence-electron chi connectivity index (χ3n) is 12.4. The van der Waals surface area contributed by atoms with Crippen molar-refractivity contribution in [2.24, 2.45) is 0 Å². The summed E-state index contributed by atoms with van der Waals surface area (Å²) in [4.78, 5) is 16.0. The van der Waals surface area contributed by atoms with Crippen LogP contribution in [-0.2, 0) is 5.41 Å². The van der Waals surface area contributed by atoms with Crippen LogP contribution in [0.15, 0.2) is 188 Å². The number of nitrogens with zero attached hydrogens (tertiary/aromatic N) is 5. The first-order chi connectivity index (χ1) is 29.0. The van der Waals surface area contributed by atoms with Crippen molar-refractivity contribution in [1.29, 1.82) is 0 Å². The molecule has 0 atom stereocenters. The van der Waals surface area contributed by atoms with Gasteiger partial charge in [0, 0.05) is 38.1 Å². The highest BCUT2D eigenvalue weighted by Crippen LogP contribution is 2.51. The summed E-state index contributed by atoms with van der Waals surface area (Å²) >= 11 is 0. The van der Waals surface area contributed by atoms with E-state index in [9.17, 15) is 0 Å². The minimum absolute atomic E-state index is 0.168. The molecule has 1 aliphatic carbocycles. The van der Waals surface area contributed by atoms with Crippen LogP contribution >= 0.6 is 0 Å². The third kappa shape index (κ3) is 4.95. The second-order valence-corrected chi connectivity index (χ2v) is 16.0. The average molecular weight is 756 g/mol. The number of hydrogen-bond acceptors (Lipinski definition) is 3. The molecule has 278 valence electrons. The zero-order valence-electron chi connectivity index (χ0n) is 32.6. The zero-order chi connectivity index (χ0) is 39.2. The summed E-state index contributed by atoms with van der Waals surface area (Å²) < 4.78 is 4.84. The fourth-order valence-corrected chi connectivity index (χ4v) is 9.66. The van der Waals surface area contributed by atoms with Gasteiger partial charge in [-0.05, 0) is 64.7 Å². The van der Waals surface area contributed by atoms with Crippen molar-refractivity contribution in [2.45, 2.75) is 19.3 Å². The maximum absolute atomic E-state index is 5.42. The van der Waals surface area contributed by atoms with Crippen molar-refractivity contribution in [1.82, 2.24) is 24.1 Å². The van der Waals surface area contributed by atoms with Gasteiger partial charge in [0.2, 0.25) is 0 Å². The predicted octanol–water partition coefficient (Wildman–Crippen LogP) is 13.4. The van der Waals surface area contributed by atoms with Crippen LogP contribution in [-0.4, -0.2) is 24.1 Å². The Morgan fingerprint density at radius 1 is 0.356 bits per heavy atom. The normalized spacial score (nSPS) is 13.1. The summed E-state index contributed by atoms with van der Waals surface area (Å²) in [6, 6.07) is 67.0. The first-order valence-electron chi connectivity index (χ1n) is 20.2. The van der Waals surface area contributed by atoms with Crippen molar-refractivity contribution >= 4 is 43.6 Å². The highest BCUT2D eigenvalue weighted by Gasteiger charge is 2.36. The molecule has 11 aromatic rings. The van der Waals surface area contributed by atoms with Crippen LogP contribution in [0.2, 0.25) is 0 Å². The molecule has 3 aromatic heterocycles. The molecule has 0 N–H and O–H groups in total. The molecule has 0 bridgehead atoms. The molecule has 0 spiro atoms. The van der Waals surface area contributed by atoms with E-state index >= 15 is 0 Å². The Hall–Kier alpha value is -7.63. The van der Waals surface area contributed by atoms with Crippen LogP contribution < -0.4 is 0 Å². The standard InChI is InChI=1S/C54H37N5/c1-54(2)42-26-13-9-22-36(42)40-32-41-39-25-12-16-29-46(39)59(49(41)33-43(40)54)48-31-17-30-47(58-44-27-14-10-23-37(44)38-24-11-15-28-45(38)58)50(48)53-56-51(34-18-5-3-6-19-34)55-52(57-53)35-20-7-4-8-21-35/h3-33H,1-2H3. The lowest BCUT2D eigenvalue weighted by Crippen LogP contribution is -2.15. The Balaban J connectivity index is 1.24. The van der Waals surface area contributed by atoms with E-state index < -0.39 is 0 Å². The Bertz CT molecular complexity index is 3350. The van der Waals surface area contributed by atoms with Gasteiger partial charge < -0.3 is 9.13 Å². The van der Waals surface area contributed by atoms with E-state index in [0.29, 0.717) is 17.5 Å². The quantitative estimate of drug-likeness (QED) is 0.176. The number of hydrogen-bond donors (Lipinski definition) is 0. The topological polar surface area (TPSA) is 48.5 Å². The molecule has 0 radical (unpaired) electrons. The lowest BCUT2D eigenvalue weighted by molar-refractivity contribution is 0.661. The minimum atomic E-state index is -0.168. The molecule has 0 saturated carbocycles. The molecule has 0 unspecified atom stereocenters. The fraction of sp³-hybridized carbons (Fsp3) is 0.0556.